The van der Waals surface area contributed by atoms with Crippen molar-refractivity contribution in [2.45, 2.75) is 13.5 Å². The van der Waals surface area contributed by atoms with Crippen LogP contribution in [0.15, 0.2) is 66.7 Å². The van der Waals surface area contributed by atoms with Crippen molar-refractivity contribution in [2.75, 3.05) is 4.90 Å². The first-order valence-electron chi connectivity index (χ1n) is 8.69. The maximum Gasteiger partial charge on any atom is 0.263 e. The van der Waals surface area contributed by atoms with Crippen LogP contribution in [0.1, 0.15) is 21.5 Å². The summed E-state index contributed by atoms with van der Waals surface area (Å²) in [5, 5.41) is 0.471. The molecule has 0 aliphatic rings. The van der Waals surface area contributed by atoms with Crippen LogP contribution in [0, 0.1) is 18.6 Å². The molecular weight excluding hydrogens is 378 g/mol. The molecule has 0 spiro atoms. The van der Waals surface area contributed by atoms with E-state index in [2.05, 4.69) is 4.98 Å². The lowest BCUT2D eigenvalue weighted by molar-refractivity contribution is 0.0981. The number of rotatable bonds is 4. The lowest BCUT2D eigenvalue weighted by Gasteiger charge is -2.20. The number of carbonyl (C=O) groups excluding carboxylic acids is 1. The summed E-state index contributed by atoms with van der Waals surface area (Å²) in [6.45, 7) is 2.22. The van der Waals surface area contributed by atoms with Crippen molar-refractivity contribution in [1.29, 1.82) is 0 Å². The van der Waals surface area contributed by atoms with Gasteiger partial charge in [-0.2, -0.15) is 0 Å². The van der Waals surface area contributed by atoms with Crippen molar-refractivity contribution in [2.24, 2.45) is 0 Å². The fourth-order valence-corrected chi connectivity index (χ4v) is 4.00. The van der Waals surface area contributed by atoms with Gasteiger partial charge in [-0.3, -0.25) is 9.69 Å². The minimum atomic E-state index is -0.889. The highest BCUT2D eigenvalue weighted by Gasteiger charge is 2.24. The molecule has 0 saturated carbocycles. The predicted octanol–water partition coefficient (Wildman–Crippen LogP) is 5.73. The van der Waals surface area contributed by atoms with Gasteiger partial charge in [0.25, 0.3) is 5.91 Å². The van der Waals surface area contributed by atoms with Crippen LogP contribution in [0.4, 0.5) is 13.9 Å². The maximum absolute atomic E-state index is 14.3. The Morgan fingerprint density at radius 1 is 1.04 bits per heavy atom. The number of aryl methyl sites for hydroxylation is 1. The smallest absolute Gasteiger partial charge is 0.263 e. The molecule has 1 amide bonds. The van der Waals surface area contributed by atoms with E-state index in [4.69, 9.17) is 0 Å². The Morgan fingerprint density at radius 2 is 1.82 bits per heavy atom. The Hall–Kier alpha value is -3.12. The summed E-state index contributed by atoms with van der Waals surface area (Å²) in [7, 11) is 0. The number of anilines is 1. The molecule has 0 unspecified atom stereocenters. The van der Waals surface area contributed by atoms with Gasteiger partial charge in [0.05, 0.1) is 22.3 Å². The number of thiazole rings is 1. The minimum absolute atomic E-state index is 0.187. The highest BCUT2D eigenvalue weighted by atomic mass is 32.1. The van der Waals surface area contributed by atoms with Gasteiger partial charge in [-0.25, -0.2) is 13.8 Å². The molecule has 140 valence electrons. The SMILES string of the molecule is Cc1ccc2nc(N(Cc3ccccc3)C(=O)c3ccc(F)cc3F)sc2c1. The van der Waals surface area contributed by atoms with Gasteiger partial charge in [-0.15, -0.1) is 0 Å². The summed E-state index contributed by atoms with van der Waals surface area (Å²) in [6.07, 6.45) is 0. The average molecular weight is 394 g/mol. The molecule has 0 atom stereocenters. The van der Waals surface area contributed by atoms with Crippen molar-refractivity contribution < 1.29 is 13.6 Å². The van der Waals surface area contributed by atoms with Crippen LogP contribution in [0.2, 0.25) is 0 Å². The molecule has 1 heterocycles. The number of aromatic nitrogens is 1. The van der Waals surface area contributed by atoms with Gasteiger partial charge in [0.15, 0.2) is 5.13 Å². The fourth-order valence-electron chi connectivity index (χ4n) is 2.94. The second-order valence-corrected chi connectivity index (χ2v) is 7.48. The van der Waals surface area contributed by atoms with Crippen molar-refractivity contribution >= 4 is 32.6 Å². The zero-order chi connectivity index (χ0) is 19.7. The second kappa shape index (κ2) is 7.48. The molecule has 6 heteroatoms. The van der Waals surface area contributed by atoms with Crippen LogP contribution in [-0.4, -0.2) is 10.9 Å². The number of amides is 1. The van der Waals surface area contributed by atoms with Crippen molar-refractivity contribution in [3.8, 4) is 0 Å². The van der Waals surface area contributed by atoms with Crippen molar-refractivity contribution in [3.63, 3.8) is 0 Å². The lowest BCUT2D eigenvalue weighted by atomic mass is 10.1. The molecule has 0 aliphatic heterocycles. The van der Waals surface area contributed by atoms with E-state index in [1.807, 2.05) is 55.5 Å². The van der Waals surface area contributed by atoms with Gasteiger partial charge in [0.2, 0.25) is 0 Å². The van der Waals surface area contributed by atoms with E-state index in [-0.39, 0.29) is 12.1 Å². The van der Waals surface area contributed by atoms with E-state index in [0.29, 0.717) is 5.13 Å². The molecule has 0 radical (unpaired) electrons. The molecule has 3 nitrogen and oxygen atoms in total. The van der Waals surface area contributed by atoms with E-state index in [1.54, 1.807) is 0 Å². The Kier molecular flexibility index (Phi) is 4.88. The first-order valence-corrected chi connectivity index (χ1v) is 9.51. The maximum atomic E-state index is 14.3. The highest BCUT2D eigenvalue weighted by Crippen LogP contribution is 2.31. The van der Waals surface area contributed by atoms with Crippen molar-refractivity contribution in [1.82, 2.24) is 4.98 Å². The Bertz CT molecular complexity index is 1160. The quantitative estimate of drug-likeness (QED) is 0.443. The summed E-state index contributed by atoms with van der Waals surface area (Å²) < 4.78 is 28.5. The van der Waals surface area contributed by atoms with Crippen LogP contribution < -0.4 is 4.90 Å². The Balaban J connectivity index is 1.79. The summed E-state index contributed by atoms with van der Waals surface area (Å²) in [6, 6.07) is 18.2. The average Bonchev–Trinajstić information content (AvgIpc) is 3.09. The van der Waals surface area contributed by atoms with Crippen LogP contribution in [0.5, 0.6) is 0 Å². The molecule has 0 N–H and O–H groups in total. The number of hydrogen-bond donors (Lipinski definition) is 0. The first kappa shape index (κ1) is 18.3. The molecule has 0 fully saturated rings. The molecule has 0 bridgehead atoms. The summed E-state index contributed by atoms with van der Waals surface area (Å²) in [5.74, 6) is -2.17. The van der Waals surface area contributed by atoms with E-state index >= 15 is 0 Å². The van der Waals surface area contributed by atoms with E-state index in [9.17, 15) is 13.6 Å². The normalized spacial score (nSPS) is 11.0. The Labute approximate surface area is 164 Å². The van der Waals surface area contributed by atoms with Crippen LogP contribution in [0.3, 0.4) is 0 Å². The van der Waals surface area contributed by atoms with Gasteiger partial charge < -0.3 is 0 Å². The van der Waals surface area contributed by atoms with Gasteiger partial charge in [0.1, 0.15) is 11.6 Å². The largest absolute Gasteiger partial charge is 0.279 e. The van der Waals surface area contributed by atoms with E-state index < -0.39 is 17.5 Å². The number of benzene rings is 3. The number of nitrogens with zero attached hydrogens (tertiary/aromatic N) is 2. The topological polar surface area (TPSA) is 33.2 Å². The minimum Gasteiger partial charge on any atom is -0.279 e. The van der Waals surface area contributed by atoms with Crippen LogP contribution in [0.25, 0.3) is 10.2 Å². The highest BCUT2D eigenvalue weighted by molar-refractivity contribution is 7.22. The number of fused-ring (bicyclic) bond motifs is 1. The zero-order valence-electron chi connectivity index (χ0n) is 15.0. The number of halogens is 2. The van der Waals surface area contributed by atoms with Gasteiger partial charge in [0, 0.05) is 6.07 Å². The molecule has 0 aliphatic carbocycles. The number of hydrogen-bond acceptors (Lipinski definition) is 3. The van der Waals surface area contributed by atoms with Gasteiger partial charge in [-0.05, 0) is 42.3 Å². The molecule has 28 heavy (non-hydrogen) atoms. The molecule has 3 aromatic carbocycles. The van der Waals surface area contributed by atoms with Gasteiger partial charge >= 0.3 is 0 Å². The first-order chi connectivity index (χ1) is 13.5. The molecule has 4 aromatic rings. The van der Waals surface area contributed by atoms with Gasteiger partial charge in [-0.1, -0.05) is 47.7 Å². The summed E-state index contributed by atoms with van der Waals surface area (Å²) in [5.41, 5.74) is 2.56. The van der Waals surface area contributed by atoms with Crippen molar-refractivity contribution in [3.05, 3.63) is 95.1 Å². The molecular formula is C22H16F2N2OS. The fraction of sp³-hybridized carbons (Fsp3) is 0.0909. The predicted molar refractivity (Wildman–Crippen MR) is 108 cm³/mol. The summed E-state index contributed by atoms with van der Waals surface area (Å²) in [4.78, 5) is 19.2. The number of carbonyl (C=O) groups is 1. The van der Waals surface area contributed by atoms with E-state index in [0.717, 1.165) is 33.5 Å². The third kappa shape index (κ3) is 3.64. The lowest BCUT2D eigenvalue weighted by Crippen LogP contribution is -2.31. The summed E-state index contributed by atoms with van der Waals surface area (Å²) >= 11 is 1.37. The van der Waals surface area contributed by atoms with Crippen LogP contribution >= 0.6 is 11.3 Å². The molecule has 1 aromatic heterocycles. The van der Waals surface area contributed by atoms with Crippen LogP contribution in [-0.2, 0) is 6.54 Å². The molecule has 0 saturated heterocycles. The standard InChI is InChI=1S/C22H16F2N2OS/c1-14-7-10-19-20(11-14)28-22(25-19)26(13-15-5-3-2-4-6-15)21(27)17-9-8-16(23)12-18(17)24/h2-12H,13H2,1H3. The second-order valence-electron chi connectivity index (χ2n) is 6.47. The molecule has 4 rings (SSSR count). The third-order valence-corrected chi connectivity index (χ3v) is 5.39. The zero-order valence-corrected chi connectivity index (χ0v) is 15.8. The van der Waals surface area contributed by atoms with E-state index in [1.165, 1.54) is 22.3 Å². The Morgan fingerprint density at radius 3 is 2.57 bits per heavy atom. The monoisotopic (exact) mass is 394 g/mol. The third-order valence-electron chi connectivity index (χ3n) is 4.35.